The van der Waals surface area contributed by atoms with Crippen molar-refractivity contribution >= 4 is 15.9 Å². The van der Waals surface area contributed by atoms with Crippen molar-refractivity contribution in [3.05, 3.63) is 28.2 Å². The molecule has 3 nitrogen and oxygen atoms in total. The average Bonchev–Trinajstić information content (AvgIpc) is 2.75. The molecule has 1 saturated carbocycles. The molecule has 4 heteroatoms. The summed E-state index contributed by atoms with van der Waals surface area (Å²) < 4.78 is 6.62. The molecule has 1 aromatic carbocycles. The maximum atomic E-state index is 10.2. The van der Waals surface area contributed by atoms with Crippen LogP contribution in [0, 0.1) is 0 Å². The Morgan fingerprint density at radius 1 is 1.39 bits per heavy atom. The van der Waals surface area contributed by atoms with Crippen LogP contribution in [0.2, 0.25) is 0 Å². The van der Waals surface area contributed by atoms with Gasteiger partial charge in [-0.15, -0.1) is 0 Å². The van der Waals surface area contributed by atoms with E-state index in [0.717, 1.165) is 35.7 Å². The van der Waals surface area contributed by atoms with Gasteiger partial charge < -0.3 is 14.9 Å². The van der Waals surface area contributed by atoms with E-state index in [1.165, 1.54) is 0 Å². The number of benzene rings is 1. The number of halogens is 1. The van der Waals surface area contributed by atoms with Crippen molar-refractivity contribution in [2.24, 2.45) is 0 Å². The molecule has 0 aliphatic heterocycles. The first-order chi connectivity index (χ1) is 8.50. The van der Waals surface area contributed by atoms with Crippen LogP contribution in [0.25, 0.3) is 0 Å². The highest BCUT2D eigenvalue weighted by atomic mass is 79.9. The normalized spacial score (nSPS) is 19.8. The summed E-state index contributed by atoms with van der Waals surface area (Å²) >= 11 is 3.38. The standard InChI is InChI=1S/C14H19BrO3/c1-10(16)12-8-11(15)4-5-13(12)18-9-14(17)6-2-3-7-14/h4-5,8,10,16-17H,2-3,6-7,9H2,1H3/t10-/m0/s1. The molecule has 1 aromatic rings. The van der Waals surface area contributed by atoms with E-state index in [2.05, 4.69) is 15.9 Å². The zero-order valence-electron chi connectivity index (χ0n) is 10.5. The molecule has 1 aliphatic rings. The first-order valence-corrected chi connectivity index (χ1v) is 7.12. The molecule has 2 N–H and O–H groups in total. The van der Waals surface area contributed by atoms with Gasteiger partial charge >= 0.3 is 0 Å². The lowest BCUT2D eigenvalue weighted by Gasteiger charge is -2.23. The van der Waals surface area contributed by atoms with Crippen LogP contribution in [-0.4, -0.2) is 22.4 Å². The van der Waals surface area contributed by atoms with Crippen LogP contribution in [-0.2, 0) is 0 Å². The second kappa shape index (κ2) is 5.59. The van der Waals surface area contributed by atoms with Crippen molar-refractivity contribution in [3.8, 4) is 5.75 Å². The molecule has 0 bridgehead atoms. The summed E-state index contributed by atoms with van der Waals surface area (Å²) in [5.74, 6) is 0.647. The van der Waals surface area contributed by atoms with Crippen LogP contribution < -0.4 is 4.74 Å². The smallest absolute Gasteiger partial charge is 0.125 e. The third-order valence-electron chi connectivity index (χ3n) is 3.45. The second-order valence-electron chi connectivity index (χ2n) is 5.08. The maximum Gasteiger partial charge on any atom is 0.125 e. The lowest BCUT2D eigenvalue weighted by Crippen LogP contribution is -2.32. The molecule has 0 spiro atoms. The summed E-state index contributed by atoms with van der Waals surface area (Å²) in [4.78, 5) is 0. The van der Waals surface area contributed by atoms with Crippen molar-refractivity contribution in [3.63, 3.8) is 0 Å². The predicted octanol–water partition coefficient (Wildman–Crippen LogP) is 3.19. The molecule has 18 heavy (non-hydrogen) atoms. The number of hydrogen-bond donors (Lipinski definition) is 2. The number of aliphatic hydroxyl groups excluding tert-OH is 1. The van der Waals surface area contributed by atoms with Gasteiger partial charge in [0.1, 0.15) is 12.4 Å². The van der Waals surface area contributed by atoms with Crippen molar-refractivity contribution in [1.82, 2.24) is 0 Å². The molecule has 1 fully saturated rings. The van der Waals surface area contributed by atoms with E-state index in [0.29, 0.717) is 12.4 Å². The summed E-state index contributed by atoms with van der Waals surface area (Å²) in [7, 11) is 0. The highest BCUT2D eigenvalue weighted by Crippen LogP contribution is 2.33. The lowest BCUT2D eigenvalue weighted by atomic mass is 10.0. The molecule has 0 saturated heterocycles. The van der Waals surface area contributed by atoms with Gasteiger partial charge in [0.15, 0.2) is 0 Å². The fourth-order valence-electron chi connectivity index (χ4n) is 2.37. The van der Waals surface area contributed by atoms with E-state index in [4.69, 9.17) is 4.74 Å². The summed E-state index contributed by atoms with van der Waals surface area (Å²) in [6, 6.07) is 5.54. The van der Waals surface area contributed by atoms with E-state index >= 15 is 0 Å². The van der Waals surface area contributed by atoms with E-state index in [-0.39, 0.29) is 0 Å². The van der Waals surface area contributed by atoms with Crippen LogP contribution in [0.1, 0.15) is 44.3 Å². The van der Waals surface area contributed by atoms with E-state index in [1.807, 2.05) is 18.2 Å². The predicted molar refractivity (Wildman–Crippen MR) is 73.7 cm³/mol. The maximum absolute atomic E-state index is 10.2. The summed E-state index contributed by atoms with van der Waals surface area (Å²) in [6.07, 6.45) is 3.13. The molecule has 0 unspecified atom stereocenters. The SMILES string of the molecule is C[C@H](O)c1cc(Br)ccc1OCC1(O)CCCC1. The molecular formula is C14H19BrO3. The number of hydrogen-bond acceptors (Lipinski definition) is 3. The Morgan fingerprint density at radius 2 is 2.06 bits per heavy atom. The molecular weight excluding hydrogens is 296 g/mol. The van der Waals surface area contributed by atoms with E-state index < -0.39 is 11.7 Å². The highest BCUT2D eigenvalue weighted by Gasteiger charge is 2.32. The van der Waals surface area contributed by atoms with Crippen molar-refractivity contribution in [1.29, 1.82) is 0 Å². The van der Waals surface area contributed by atoms with Gasteiger partial charge in [-0.3, -0.25) is 0 Å². The molecule has 1 atom stereocenters. The van der Waals surface area contributed by atoms with Crippen LogP contribution in [0.5, 0.6) is 5.75 Å². The molecule has 2 rings (SSSR count). The van der Waals surface area contributed by atoms with Gasteiger partial charge in [-0.1, -0.05) is 28.8 Å². The van der Waals surface area contributed by atoms with Gasteiger partial charge in [0.25, 0.3) is 0 Å². The number of aliphatic hydroxyl groups is 2. The quantitative estimate of drug-likeness (QED) is 0.897. The summed E-state index contributed by atoms with van der Waals surface area (Å²) in [6.45, 7) is 2.01. The summed E-state index contributed by atoms with van der Waals surface area (Å²) in [5, 5.41) is 20.0. The van der Waals surface area contributed by atoms with Crippen LogP contribution in [0.3, 0.4) is 0 Å². The van der Waals surface area contributed by atoms with Crippen molar-refractivity contribution < 1.29 is 14.9 Å². The Bertz CT molecular complexity index is 412. The third kappa shape index (κ3) is 3.25. The first-order valence-electron chi connectivity index (χ1n) is 6.33. The zero-order valence-corrected chi connectivity index (χ0v) is 12.1. The minimum atomic E-state index is -0.691. The molecule has 0 heterocycles. The molecule has 1 aliphatic carbocycles. The molecule has 0 radical (unpaired) electrons. The minimum Gasteiger partial charge on any atom is -0.490 e. The Hall–Kier alpha value is -0.580. The van der Waals surface area contributed by atoms with Gasteiger partial charge in [0, 0.05) is 10.0 Å². The topological polar surface area (TPSA) is 49.7 Å². The summed E-state index contributed by atoms with van der Waals surface area (Å²) in [5.41, 5.74) is 0.0502. The lowest BCUT2D eigenvalue weighted by molar-refractivity contribution is 0.000468. The molecule has 0 aromatic heterocycles. The second-order valence-corrected chi connectivity index (χ2v) is 5.99. The van der Waals surface area contributed by atoms with Crippen LogP contribution >= 0.6 is 15.9 Å². The van der Waals surface area contributed by atoms with Gasteiger partial charge in [-0.2, -0.15) is 0 Å². The highest BCUT2D eigenvalue weighted by molar-refractivity contribution is 9.10. The molecule has 0 amide bonds. The Balaban J connectivity index is 2.09. The van der Waals surface area contributed by atoms with E-state index in [9.17, 15) is 10.2 Å². The molecule has 100 valence electrons. The number of ether oxygens (including phenoxy) is 1. The monoisotopic (exact) mass is 314 g/mol. The largest absolute Gasteiger partial charge is 0.490 e. The Labute approximate surface area is 116 Å². The van der Waals surface area contributed by atoms with Crippen molar-refractivity contribution in [2.45, 2.75) is 44.3 Å². The third-order valence-corrected chi connectivity index (χ3v) is 3.95. The van der Waals surface area contributed by atoms with Gasteiger partial charge in [-0.25, -0.2) is 0 Å². The van der Waals surface area contributed by atoms with Gasteiger partial charge in [-0.05, 0) is 38.0 Å². The van der Waals surface area contributed by atoms with Crippen LogP contribution in [0.4, 0.5) is 0 Å². The fraction of sp³-hybridized carbons (Fsp3) is 0.571. The van der Waals surface area contributed by atoms with Crippen LogP contribution in [0.15, 0.2) is 22.7 Å². The zero-order chi connectivity index (χ0) is 13.2. The van der Waals surface area contributed by atoms with Gasteiger partial charge in [0.05, 0.1) is 11.7 Å². The van der Waals surface area contributed by atoms with E-state index in [1.54, 1.807) is 6.92 Å². The van der Waals surface area contributed by atoms with Crippen molar-refractivity contribution in [2.75, 3.05) is 6.61 Å². The Kier molecular flexibility index (Phi) is 4.30. The Morgan fingerprint density at radius 3 is 2.67 bits per heavy atom. The van der Waals surface area contributed by atoms with Gasteiger partial charge in [0.2, 0.25) is 0 Å². The fourth-order valence-corrected chi connectivity index (χ4v) is 2.75. The average molecular weight is 315 g/mol. The number of rotatable bonds is 4. The first kappa shape index (κ1) is 13.8. The minimum absolute atomic E-state index is 0.300.